The van der Waals surface area contributed by atoms with Gasteiger partial charge in [0.05, 0.1) is 16.9 Å². The molecule has 2 fully saturated rings. The highest BCUT2D eigenvalue weighted by atomic mass is 19.1. The largest absolute Gasteiger partial charge is 0.394 e. The predicted octanol–water partition coefficient (Wildman–Crippen LogP) is 3.74. The second-order valence-corrected chi connectivity index (χ2v) is 8.00. The van der Waals surface area contributed by atoms with Crippen molar-refractivity contribution in [3.05, 3.63) is 54.0 Å². The van der Waals surface area contributed by atoms with E-state index in [1.54, 1.807) is 23.8 Å². The molecule has 31 heavy (non-hydrogen) atoms. The van der Waals surface area contributed by atoms with E-state index in [-0.39, 0.29) is 5.56 Å². The summed E-state index contributed by atoms with van der Waals surface area (Å²) in [7, 11) is 0. The Morgan fingerprint density at radius 1 is 1.06 bits per heavy atom. The number of nitrogens with one attached hydrogen (secondary N) is 1. The van der Waals surface area contributed by atoms with Gasteiger partial charge < -0.3 is 15.9 Å². The topological polar surface area (TPSA) is 80.0 Å². The average Bonchev–Trinajstić information content (AvgIpc) is 2.77. The predicted molar refractivity (Wildman–Crippen MR) is 117 cm³/mol. The molecule has 1 aliphatic carbocycles. The number of piperazine rings is 1. The van der Waals surface area contributed by atoms with Crippen molar-refractivity contribution in [3.8, 4) is 22.6 Å². The molecule has 3 heterocycles. The Kier molecular flexibility index (Phi) is 4.92. The summed E-state index contributed by atoms with van der Waals surface area (Å²) in [6.45, 7) is 2.53. The van der Waals surface area contributed by atoms with Crippen molar-refractivity contribution in [2.75, 3.05) is 36.8 Å². The zero-order chi connectivity index (χ0) is 22.2. The lowest BCUT2D eigenvalue weighted by molar-refractivity contribution is 0.418. The molecule has 2 aliphatic rings. The van der Waals surface area contributed by atoms with Crippen LogP contribution in [0.1, 0.15) is 30.7 Å². The fourth-order valence-corrected chi connectivity index (χ4v) is 4.28. The monoisotopic (exact) mass is 423 g/mol. The van der Waals surface area contributed by atoms with Crippen molar-refractivity contribution in [3.63, 3.8) is 0 Å². The maximum absolute atomic E-state index is 14.4. The molecule has 0 spiro atoms. The van der Waals surface area contributed by atoms with E-state index in [0.717, 1.165) is 30.5 Å². The molecule has 0 radical (unpaired) electrons. The third kappa shape index (κ3) is 3.61. The molecule has 3 N–H and O–H groups in total. The number of pyridine rings is 1. The van der Waals surface area contributed by atoms with Crippen LogP contribution in [0.2, 0.25) is 1.41 Å². The van der Waals surface area contributed by atoms with Crippen molar-refractivity contribution >= 4 is 11.4 Å². The molecule has 160 valence electrons. The number of benzene rings is 1. The van der Waals surface area contributed by atoms with Gasteiger partial charge in [-0.05, 0) is 42.5 Å². The molecule has 5 rings (SSSR count). The van der Waals surface area contributed by atoms with E-state index >= 15 is 0 Å². The molecular weight excluding hydrogens is 398 g/mol. The minimum Gasteiger partial charge on any atom is -0.394 e. The van der Waals surface area contributed by atoms with Gasteiger partial charge in [-0.15, -0.1) is 0 Å². The third-order valence-corrected chi connectivity index (χ3v) is 6.14. The summed E-state index contributed by atoms with van der Waals surface area (Å²) in [5.41, 5.74) is 8.43. The van der Waals surface area contributed by atoms with Gasteiger partial charge in [0.1, 0.15) is 18.7 Å². The fraction of sp³-hybridized carbons (Fsp3) is 0.348. The SMILES string of the molecule is [2H]N1CCN(c2c(C3CCC3)cnc(-c3cc(F)c(N)c(F)c3)c2-c2ncccn2)CC1. The number of nitrogens with two attached hydrogens (primary N) is 1. The Labute approximate surface area is 181 Å². The summed E-state index contributed by atoms with van der Waals surface area (Å²) in [5, 5.41) is 1.55. The van der Waals surface area contributed by atoms with E-state index in [1.807, 2.05) is 6.20 Å². The van der Waals surface area contributed by atoms with Crippen LogP contribution in [0.4, 0.5) is 20.2 Å². The van der Waals surface area contributed by atoms with Crippen LogP contribution < -0.4 is 15.9 Å². The zero-order valence-corrected chi connectivity index (χ0v) is 17.1. The van der Waals surface area contributed by atoms with Crippen LogP contribution >= 0.6 is 0 Å². The Bertz CT molecular complexity index is 1110. The molecule has 1 saturated heterocycles. The highest BCUT2D eigenvalue weighted by Gasteiger charge is 2.31. The summed E-state index contributed by atoms with van der Waals surface area (Å²) in [5.74, 6) is -0.816. The molecular formula is C23H24F2N6. The molecule has 6 nitrogen and oxygen atoms in total. The average molecular weight is 423 g/mol. The van der Waals surface area contributed by atoms with Gasteiger partial charge in [0.25, 0.3) is 0 Å². The fourth-order valence-electron chi connectivity index (χ4n) is 4.28. The maximum atomic E-state index is 14.4. The van der Waals surface area contributed by atoms with Crippen molar-refractivity contribution in [2.24, 2.45) is 0 Å². The van der Waals surface area contributed by atoms with E-state index in [4.69, 9.17) is 7.15 Å². The van der Waals surface area contributed by atoms with E-state index in [1.165, 1.54) is 12.1 Å². The van der Waals surface area contributed by atoms with Crippen LogP contribution in [-0.4, -0.2) is 41.1 Å². The Balaban J connectivity index is 1.77. The van der Waals surface area contributed by atoms with Crippen LogP contribution in [0, 0.1) is 11.6 Å². The summed E-state index contributed by atoms with van der Waals surface area (Å²) in [6.07, 6.45) is 8.45. The van der Waals surface area contributed by atoms with E-state index < -0.39 is 17.3 Å². The molecule has 3 aromatic rings. The van der Waals surface area contributed by atoms with E-state index in [9.17, 15) is 8.78 Å². The van der Waals surface area contributed by atoms with Gasteiger partial charge >= 0.3 is 0 Å². The molecule has 0 bridgehead atoms. The minimum absolute atomic E-state index is 0.289. The van der Waals surface area contributed by atoms with Crippen LogP contribution in [0.3, 0.4) is 0 Å². The number of anilines is 2. The van der Waals surface area contributed by atoms with Crippen LogP contribution in [0.5, 0.6) is 0 Å². The Morgan fingerprint density at radius 3 is 2.35 bits per heavy atom. The number of halogens is 2. The molecule has 0 atom stereocenters. The summed E-state index contributed by atoms with van der Waals surface area (Å²) < 4.78 is 36.7. The van der Waals surface area contributed by atoms with Crippen molar-refractivity contribution in [1.82, 2.24) is 20.3 Å². The highest BCUT2D eigenvalue weighted by molar-refractivity contribution is 5.90. The number of nitrogens with zero attached hydrogens (tertiary/aromatic N) is 4. The number of hydrogen-bond acceptors (Lipinski definition) is 6. The van der Waals surface area contributed by atoms with Crippen LogP contribution in [0.15, 0.2) is 36.8 Å². The quantitative estimate of drug-likeness (QED) is 0.623. The summed E-state index contributed by atoms with van der Waals surface area (Å²) >= 11 is 0. The first-order valence-electron chi connectivity index (χ1n) is 11.0. The van der Waals surface area contributed by atoms with Gasteiger partial charge in [0, 0.05) is 50.3 Å². The van der Waals surface area contributed by atoms with Gasteiger partial charge in [-0.1, -0.05) is 6.42 Å². The number of hydrogen-bond donors (Lipinski definition) is 2. The Hall–Kier alpha value is -3.13. The van der Waals surface area contributed by atoms with Gasteiger partial charge in [-0.3, -0.25) is 4.98 Å². The normalized spacial score (nSPS) is 18.0. The second-order valence-electron chi connectivity index (χ2n) is 8.00. The van der Waals surface area contributed by atoms with Gasteiger partial charge in [0.15, 0.2) is 5.82 Å². The van der Waals surface area contributed by atoms with Gasteiger partial charge in [-0.25, -0.2) is 18.7 Å². The van der Waals surface area contributed by atoms with Crippen molar-refractivity contribution < 1.29 is 10.2 Å². The molecule has 1 aliphatic heterocycles. The smallest absolute Gasteiger partial charge is 0.163 e. The van der Waals surface area contributed by atoms with E-state index in [0.29, 0.717) is 49.2 Å². The number of nitrogen functional groups attached to an aromatic ring is 1. The number of aromatic nitrogens is 3. The van der Waals surface area contributed by atoms with Crippen LogP contribution in [0.25, 0.3) is 22.6 Å². The Morgan fingerprint density at radius 2 is 1.74 bits per heavy atom. The van der Waals surface area contributed by atoms with E-state index in [2.05, 4.69) is 19.9 Å². The lowest BCUT2D eigenvalue weighted by atomic mass is 9.78. The van der Waals surface area contributed by atoms with Gasteiger partial charge in [-0.2, -0.15) is 0 Å². The minimum atomic E-state index is -0.825. The highest BCUT2D eigenvalue weighted by Crippen LogP contribution is 2.47. The first-order chi connectivity index (χ1) is 15.5. The molecule has 0 amide bonds. The summed E-state index contributed by atoms with van der Waals surface area (Å²) in [6, 6.07) is 4.15. The molecule has 2 aromatic heterocycles. The molecule has 1 aromatic carbocycles. The lowest BCUT2D eigenvalue weighted by Gasteiger charge is -2.37. The van der Waals surface area contributed by atoms with Crippen molar-refractivity contribution in [1.29, 1.82) is 0 Å². The molecule has 0 unspecified atom stereocenters. The maximum Gasteiger partial charge on any atom is 0.163 e. The zero-order valence-electron chi connectivity index (χ0n) is 18.1. The molecule has 8 heteroatoms. The van der Waals surface area contributed by atoms with Gasteiger partial charge in [0.2, 0.25) is 0 Å². The molecule has 1 saturated carbocycles. The lowest BCUT2D eigenvalue weighted by Crippen LogP contribution is -2.44. The standard InChI is InChI=1S/C23H24F2N6/c24-17-11-15(12-18(25)20(17)26)21-19(23-28-5-2-6-29-23)22(31-9-7-27-8-10-31)16(13-30-21)14-3-1-4-14/h2,5-6,11-14,27H,1,3-4,7-10,26H2/i/hD. The first-order valence-corrected chi connectivity index (χ1v) is 10.6. The third-order valence-electron chi connectivity index (χ3n) is 6.14. The second kappa shape index (κ2) is 8.19. The van der Waals surface area contributed by atoms with Crippen molar-refractivity contribution in [2.45, 2.75) is 25.2 Å². The van der Waals surface area contributed by atoms with Crippen LogP contribution in [-0.2, 0) is 0 Å². The summed E-state index contributed by atoms with van der Waals surface area (Å²) in [4.78, 5) is 15.9. The number of rotatable bonds is 4. The first kappa shape index (κ1) is 18.6.